The first-order valence-corrected chi connectivity index (χ1v) is 6.24. The van der Waals surface area contributed by atoms with Crippen LogP contribution in [0.2, 0.25) is 0 Å². The maximum Gasteiger partial charge on any atom is 0.305 e. The second-order valence-corrected chi connectivity index (χ2v) is 5.41. The van der Waals surface area contributed by atoms with E-state index in [2.05, 4.69) is 5.32 Å². The van der Waals surface area contributed by atoms with Crippen LogP contribution in [0, 0.1) is 11.8 Å². The van der Waals surface area contributed by atoms with Crippen LogP contribution in [0.1, 0.15) is 53.9 Å². The Morgan fingerprint density at radius 2 is 1.82 bits per heavy atom. The van der Waals surface area contributed by atoms with Crippen LogP contribution < -0.4 is 5.32 Å². The number of carbonyl (C=O) groups excluding carboxylic acids is 1. The summed E-state index contributed by atoms with van der Waals surface area (Å²) in [5.74, 6) is -0.530. The SMILES string of the molecule is CCC(C)CC(=O)NC(C)(CC(=O)O)C(C)C. The highest BCUT2D eigenvalue weighted by atomic mass is 16.4. The molecule has 0 aromatic carbocycles. The molecule has 1 amide bonds. The predicted octanol–water partition coefficient (Wildman–Crippen LogP) is 2.43. The molecule has 0 heterocycles. The Morgan fingerprint density at radius 1 is 1.29 bits per heavy atom. The van der Waals surface area contributed by atoms with E-state index in [-0.39, 0.29) is 18.2 Å². The summed E-state index contributed by atoms with van der Waals surface area (Å²) in [6.45, 7) is 9.69. The monoisotopic (exact) mass is 243 g/mol. The zero-order chi connectivity index (χ0) is 13.6. The van der Waals surface area contributed by atoms with Crippen molar-refractivity contribution in [1.29, 1.82) is 0 Å². The molecule has 0 radical (unpaired) electrons. The molecule has 2 atom stereocenters. The molecule has 0 aliphatic heterocycles. The van der Waals surface area contributed by atoms with Crippen molar-refractivity contribution in [3.63, 3.8) is 0 Å². The molecule has 0 aromatic heterocycles. The van der Waals surface area contributed by atoms with Gasteiger partial charge in [0.2, 0.25) is 5.91 Å². The van der Waals surface area contributed by atoms with Crippen molar-refractivity contribution in [2.75, 3.05) is 0 Å². The van der Waals surface area contributed by atoms with Gasteiger partial charge in [0.05, 0.1) is 6.42 Å². The van der Waals surface area contributed by atoms with Gasteiger partial charge in [0.1, 0.15) is 0 Å². The molecule has 0 fully saturated rings. The molecule has 0 saturated heterocycles. The number of carbonyl (C=O) groups is 2. The average Bonchev–Trinajstić information content (AvgIpc) is 2.15. The van der Waals surface area contributed by atoms with Gasteiger partial charge in [0.25, 0.3) is 0 Å². The number of hydrogen-bond donors (Lipinski definition) is 2. The lowest BCUT2D eigenvalue weighted by molar-refractivity contribution is -0.139. The van der Waals surface area contributed by atoms with Gasteiger partial charge >= 0.3 is 5.97 Å². The lowest BCUT2D eigenvalue weighted by Crippen LogP contribution is -2.51. The summed E-state index contributed by atoms with van der Waals surface area (Å²) in [5, 5.41) is 11.8. The minimum Gasteiger partial charge on any atom is -0.481 e. The number of rotatable bonds is 7. The van der Waals surface area contributed by atoms with E-state index in [0.29, 0.717) is 12.3 Å². The van der Waals surface area contributed by atoms with Gasteiger partial charge in [-0.15, -0.1) is 0 Å². The Kier molecular flexibility index (Phi) is 6.21. The summed E-state index contributed by atoms with van der Waals surface area (Å²) in [7, 11) is 0. The Morgan fingerprint density at radius 3 is 2.18 bits per heavy atom. The topological polar surface area (TPSA) is 66.4 Å². The predicted molar refractivity (Wildman–Crippen MR) is 67.7 cm³/mol. The molecule has 2 N–H and O–H groups in total. The molecule has 0 aromatic rings. The van der Waals surface area contributed by atoms with Gasteiger partial charge in [-0.3, -0.25) is 9.59 Å². The zero-order valence-corrected chi connectivity index (χ0v) is 11.5. The molecular weight excluding hydrogens is 218 g/mol. The Labute approximate surface area is 104 Å². The van der Waals surface area contributed by atoms with E-state index in [1.165, 1.54) is 0 Å². The number of hydrogen-bond acceptors (Lipinski definition) is 2. The van der Waals surface area contributed by atoms with Crippen molar-refractivity contribution in [3.8, 4) is 0 Å². The average molecular weight is 243 g/mol. The van der Waals surface area contributed by atoms with Crippen molar-refractivity contribution < 1.29 is 14.7 Å². The lowest BCUT2D eigenvalue weighted by Gasteiger charge is -2.33. The van der Waals surface area contributed by atoms with Crippen molar-refractivity contribution in [2.24, 2.45) is 11.8 Å². The molecule has 4 nitrogen and oxygen atoms in total. The van der Waals surface area contributed by atoms with E-state index in [1.807, 2.05) is 27.7 Å². The third-order valence-corrected chi connectivity index (χ3v) is 3.45. The minimum atomic E-state index is -0.884. The van der Waals surface area contributed by atoms with Crippen LogP contribution in [0.25, 0.3) is 0 Å². The van der Waals surface area contributed by atoms with Crippen LogP contribution in [0.4, 0.5) is 0 Å². The maximum absolute atomic E-state index is 11.8. The van der Waals surface area contributed by atoms with Crippen LogP contribution >= 0.6 is 0 Å². The molecule has 0 aliphatic carbocycles. The van der Waals surface area contributed by atoms with Gasteiger partial charge in [-0.25, -0.2) is 0 Å². The molecule has 0 aliphatic rings. The largest absolute Gasteiger partial charge is 0.481 e. The van der Waals surface area contributed by atoms with Crippen molar-refractivity contribution >= 4 is 11.9 Å². The third kappa shape index (κ3) is 5.71. The fourth-order valence-corrected chi connectivity index (χ4v) is 1.54. The number of carboxylic acids is 1. The first-order valence-electron chi connectivity index (χ1n) is 6.24. The third-order valence-electron chi connectivity index (χ3n) is 3.45. The molecule has 17 heavy (non-hydrogen) atoms. The van der Waals surface area contributed by atoms with Crippen LogP contribution in [0.3, 0.4) is 0 Å². The van der Waals surface area contributed by atoms with Gasteiger partial charge in [0, 0.05) is 12.0 Å². The molecule has 100 valence electrons. The highest BCUT2D eigenvalue weighted by Crippen LogP contribution is 2.21. The van der Waals surface area contributed by atoms with Crippen LogP contribution in [-0.4, -0.2) is 22.5 Å². The number of amides is 1. The minimum absolute atomic E-state index is 0.0447. The standard InChI is InChI=1S/C13H25NO3/c1-6-10(4)7-11(15)14-13(5,9(2)3)8-12(16)17/h9-10H,6-8H2,1-5H3,(H,14,15)(H,16,17). The molecule has 0 bridgehead atoms. The van der Waals surface area contributed by atoms with Gasteiger partial charge in [0.15, 0.2) is 0 Å². The smallest absolute Gasteiger partial charge is 0.305 e. The summed E-state index contributed by atoms with van der Waals surface area (Å²) in [6.07, 6.45) is 1.36. The second kappa shape index (κ2) is 6.62. The van der Waals surface area contributed by atoms with Crippen molar-refractivity contribution in [1.82, 2.24) is 5.32 Å². The molecule has 0 spiro atoms. The van der Waals surface area contributed by atoms with Crippen molar-refractivity contribution in [2.45, 2.75) is 59.4 Å². The molecule has 0 rings (SSSR count). The van der Waals surface area contributed by atoms with E-state index < -0.39 is 11.5 Å². The van der Waals surface area contributed by atoms with E-state index in [4.69, 9.17) is 5.11 Å². The molecule has 4 heteroatoms. The summed E-state index contributed by atoms with van der Waals surface area (Å²) in [6, 6.07) is 0. The normalized spacial score (nSPS) is 16.4. The van der Waals surface area contributed by atoms with E-state index in [1.54, 1.807) is 6.92 Å². The number of nitrogens with one attached hydrogen (secondary N) is 1. The molecule has 0 saturated carbocycles. The fraction of sp³-hybridized carbons (Fsp3) is 0.846. The van der Waals surface area contributed by atoms with Crippen molar-refractivity contribution in [3.05, 3.63) is 0 Å². The van der Waals surface area contributed by atoms with Crippen LogP contribution in [0.15, 0.2) is 0 Å². The second-order valence-electron chi connectivity index (χ2n) is 5.41. The molecule has 2 unspecified atom stereocenters. The van der Waals surface area contributed by atoms with E-state index in [0.717, 1.165) is 6.42 Å². The number of aliphatic carboxylic acids is 1. The Hall–Kier alpha value is -1.06. The van der Waals surface area contributed by atoms with Gasteiger partial charge in [-0.05, 0) is 18.8 Å². The number of carboxylic acid groups (broad SMARTS) is 1. The zero-order valence-electron chi connectivity index (χ0n) is 11.5. The summed E-state index contributed by atoms with van der Waals surface area (Å²) in [5.41, 5.74) is -0.670. The van der Waals surface area contributed by atoms with Crippen LogP contribution in [-0.2, 0) is 9.59 Å². The molecular formula is C13H25NO3. The van der Waals surface area contributed by atoms with E-state index >= 15 is 0 Å². The summed E-state index contributed by atoms with van der Waals surface area (Å²) >= 11 is 0. The Bertz CT molecular complexity index is 276. The summed E-state index contributed by atoms with van der Waals surface area (Å²) < 4.78 is 0. The fourth-order valence-electron chi connectivity index (χ4n) is 1.54. The summed E-state index contributed by atoms with van der Waals surface area (Å²) in [4.78, 5) is 22.6. The Balaban J connectivity index is 4.54. The van der Waals surface area contributed by atoms with Gasteiger partial charge in [-0.1, -0.05) is 34.1 Å². The lowest BCUT2D eigenvalue weighted by atomic mass is 9.85. The first kappa shape index (κ1) is 15.9. The van der Waals surface area contributed by atoms with E-state index in [9.17, 15) is 9.59 Å². The highest BCUT2D eigenvalue weighted by Gasteiger charge is 2.32. The first-order chi connectivity index (χ1) is 7.71. The van der Waals surface area contributed by atoms with Gasteiger partial charge in [-0.2, -0.15) is 0 Å². The highest BCUT2D eigenvalue weighted by molar-refractivity contribution is 5.78. The quantitative estimate of drug-likeness (QED) is 0.721. The van der Waals surface area contributed by atoms with Crippen LogP contribution in [0.5, 0.6) is 0 Å². The van der Waals surface area contributed by atoms with Gasteiger partial charge < -0.3 is 10.4 Å². The maximum atomic E-state index is 11.8.